The molecule has 39 heavy (non-hydrogen) atoms. The lowest BCUT2D eigenvalue weighted by molar-refractivity contribution is 0.0931. The Morgan fingerprint density at radius 2 is 1.67 bits per heavy atom. The van der Waals surface area contributed by atoms with Crippen molar-refractivity contribution in [1.82, 2.24) is 20.6 Å². The fraction of sp³-hybridized carbons (Fsp3) is 0.241. The zero-order valence-electron chi connectivity index (χ0n) is 21.6. The van der Waals surface area contributed by atoms with E-state index in [0.717, 1.165) is 29.5 Å². The molecule has 0 saturated carbocycles. The van der Waals surface area contributed by atoms with Crippen LogP contribution >= 0.6 is 0 Å². The molecule has 10 heteroatoms. The molecule has 2 amide bonds. The lowest BCUT2D eigenvalue weighted by Crippen LogP contribution is -2.36. The summed E-state index contributed by atoms with van der Waals surface area (Å²) in [4.78, 5) is 56.7. The molecule has 1 atom stereocenters. The van der Waals surface area contributed by atoms with Crippen molar-refractivity contribution in [3.05, 3.63) is 114 Å². The zero-order chi connectivity index (χ0) is 27.7. The molecule has 4 aromatic rings. The van der Waals surface area contributed by atoms with E-state index in [9.17, 15) is 19.2 Å². The van der Waals surface area contributed by atoms with Gasteiger partial charge in [-0.1, -0.05) is 36.4 Å². The van der Waals surface area contributed by atoms with Gasteiger partial charge in [0.1, 0.15) is 29.1 Å². The molecule has 0 fully saturated rings. The number of nitrogen functional groups attached to an aromatic ring is 1. The molecule has 0 unspecified atom stereocenters. The highest BCUT2D eigenvalue weighted by molar-refractivity contribution is 5.97. The monoisotopic (exact) mass is 524 g/mol. The Kier molecular flexibility index (Phi) is 6.93. The molecule has 0 radical (unpaired) electrons. The van der Waals surface area contributed by atoms with Gasteiger partial charge >= 0.3 is 0 Å². The number of carbonyl (C=O) groups is 2. The first kappa shape index (κ1) is 25.8. The third-order valence-electron chi connectivity index (χ3n) is 7.26. The van der Waals surface area contributed by atoms with Crippen LogP contribution in [0.1, 0.15) is 66.8 Å². The van der Waals surface area contributed by atoms with E-state index in [1.165, 1.54) is 29.1 Å². The van der Waals surface area contributed by atoms with Gasteiger partial charge in [-0.15, -0.1) is 0 Å². The summed E-state index contributed by atoms with van der Waals surface area (Å²) in [5.74, 6) is -0.797. The predicted molar refractivity (Wildman–Crippen MR) is 147 cm³/mol. The molecule has 1 aliphatic carbocycles. The van der Waals surface area contributed by atoms with E-state index in [1.807, 2.05) is 24.3 Å². The lowest BCUT2D eigenvalue weighted by atomic mass is 9.99. The quantitative estimate of drug-likeness (QED) is 0.256. The number of nitrogens with two attached hydrogens (primary N) is 1. The van der Waals surface area contributed by atoms with E-state index in [-0.39, 0.29) is 41.3 Å². The Hall–Kier alpha value is -4.86. The summed E-state index contributed by atoms with van der Waals surface area (Å²) in [7, 11) is 0. The fourth-order valence-electron chi connectivity index (χ4n) is 4.88. The van der Waals surface area contributed by atoms with Gasteiger partial charge in [-0.2, -0.15) is 0 Å². The zero-order valence-corrected chi connectivity index (χ0v) is 21.6. The van der Waals surface area contributed by atoms with Crippen LogP contribution in [0.25, 0.3) is 0 Å². The molecule has 0 bridgehead atoms. The highest BCUT2D eigenvalue weighted by Crippen LogP contribution is 2.34. The number of amides is 2. The topological polar surface area (TPSA) is 156 Å². The predicted octanol–water partition coefficient (Wildman–Crippen LogP) is 2.23. The van der Waals surface area contributed by atoms with Crippen molar-refractivity contribution >= 4 is 23.2 Å². The molecule has 1 aromatic heterocycles. The number of nitrogens with one attached hydrogen (secondary N) is 3. The third kappa shape index (κ3) is 5.13. The van der Waals surface area contributed by atoms with Crippen LogP contribution in [0.5, 0.6) is 0 Å². The van der Waals surface area contributed by atoms with E-state index in [1.54, 1.807) is 0 Å². The summed E-state index contributed by atoms with van der Waals surface area (Å²) >= 11 is 0. The number of nitrogens with zero attached hydrogens (tertiary/aromatic N) is 2. The van der Waals surface area contributed by atoms with Gasteiger partial charge in [0.15, 0.2) is 0 Å². The van der Waals surface area contributed by atoms with Crippen LogP contribution < -0.4 is 32.5 Å². The van der Waals surface area contributed by atoms with E-state index in [4.69, 9.17) is 5.73 Å². The molecule has 10 nitrogen and oxygen atoms in total. The standard InChI is InChI=1S/C29H28N6O4/c1-15-6-7-20-19(16(15)2)8-9-21(20)35-29(39)23-11-22(33-14-34-23)28(38)32-13-18-5-3-4-17(10-18)12-31-25-24(30)26(36)27(25)37/h3-7,10-11,14,21,31H,8-9,12-13,30H2,1-2H3,(H,32,38)(H,35,39)/t21-/m0/s1. The van der Waals surface area contributed by atoms with Gasteiger partial charge in [0.25, 0.3) is 22.7 Å². The summed E-state index contributed by atoms with van der Waals surface area (Å²) < 4.78 is 0. The smallest absolute Gasteiger partial charge is 0.270 e. The first-order valence-corrected chi connectivity index (χ1v) is 12.6. The molecule has 1 heterocycles. The minimum absolute atomic E-state index is 0.0560. The van der Waals surface area contributed by atoms with Crippen molar-refractivity contribution in [1.29, 1.82) is 0 Å². The third-order valence-corrected chi connectivity index (χ3v) is 7.26. The number of hydrogen-bond acceptors (Lipinski definition) is 8. The molecule has 3 aromatic carbocycles. The fourth-order valence-corrected chi connectivity index (χ4v) is 4.88. The summed E-state index contributed by atoms with van der Waals surface area (Å²) in [6, 6.07) is 12.8. The second-order valence-corrected chi connectivity index (χ2v) is 9.73. The van der Waals surface area contributed by atoms with Crippen LogP contribution in [0, 0.1) is 13.8 Å². The van der Waals surface area contributed by atoms with Crippen LogP contribution in [0.3, 0.4) is 0 Å². The first-order chi connectivity index (χ1) is 18.7. The maximum Gasteiger partial charge on any atom is 0.270 e. The van der Waals surface area contributed by atoms with Crippen LogP contribution in [0.2, 0.25) is 0 Å². The molecule has 1 aliphatic rings. The summed E-state index contributed by atoms with van der Waals surface area (Å²) in [5, 5.41) is 8.73. The van der Waals surface area contributed by atoms with E-state index in [0.29, 0.717) is 6.54 Å². The number of aryl methyl sites for hydroxylation is 1. The average Bonchev–Trinajstić information content (AvgIpc) is 3.36. The maximum absolute atomic E-state index is 13.0. The van der Waals surface area contributed by atoms with Crippen molar-refractivity contribution in [3.8, 4) is 0 Å². The second kappa shape index (κ2) is 10.5. The van der Waals surface area contributed by atoms with Crippen molar-refractivity contribution in [3.63, 3.8) is 0 Å². The van der Waals surface area contributed by atoms with Gasteiger partial charge in [0.05, 0.1) is 6.04 Å². The largest absolute Gasteiger partial charge is 0.394 e. The van der Waals surface area contributed by atoms with Gasteiger partial charge in [0, 0.05) is 19.2 Å². The van der Waals surface area contributed by atoms with Gasteiger partial charge in [-0.25, -0.2) is 9.97 Å². The minimum Gasteiger partial charge on any atom is -0.394 e. The highest BCUT2D eigenvalue weighted by atomic mass is 16.2. The molecular weight excluding hydrogens is 496 g/mol. The Labute approximate surface area is 224 Å². The van der Waals surface area contributed by atoms with E-state index < -0.39 is 16.8 Å². The number of rotatable bonds is 8. The number of hydrogen-bond donors (Lipinski definition) is 4. The SMILES string of the molecule is Cc1ccc2c(c1C)CC[C@@H]2NC(=O)c1cc(C(=O)NCc2cccc(CNc3c(N)c(=O)c3=O)c2)ncn1. The normalized spacial score (nSPS) is 14.2. The Bertz CT molecular complexity index is 1670. The molecule has 0 spiro atoms. The number of aromatic nitrogens is 2. The van der Waals surface area contributed by atoms with Gasteiger partial charge in [-0.3, -0.25) is 19.2 Å². The number of fused-ring (bicyclic) bond motifs is 1. The van der Waals surface area contributed by atoms with Crippen LogP contribution in [0.15, 0.2) is 58.4 Å². The van der Waals surface area contributed by atoms with Gasteiger partial charge < -0.3 is 21.7 Å². The Balaban J connectivity index is 1.19. The molecule has 0 aliphatic heterocycles. The lowest BCUT2D eigenvalue weighted by Gasteiger charge is -2.15. The summed E-state index contributed by atoms with van der Waals surface area (Å²) in [5.41, 5.74) is 11.1. The Morgan fingerprint density at radius 1 is 0.949 bits per heavy atom. The number of carbonyl (C=O) groups excluding carboxylic acids is 2. The highest BCUT2D eigenvalue weighted by Gasteiger charge is 2.26. The van der Waals surface area contributed by atoms with Gasteiger partial charge in [0.2, 0.25) is 0 Å². The number of benzene rings is 2. The van der Waals surface area contributed by atoms with E-state index >= 15 is 0 Å². The molecule has 5 rings (SSSR count). The summed E-state index contributed by atoms with van der Waals surface area (Å²) in [6.07, 6.45) is 2.93. The maximum atomic E-state index is 13.0. The van der Waals surface area contributed by atoms with Crippen LogP contribution in [-0.4, -0.2) is 21.8 Å². The van der Waals surface area contributed by atoms with Crippen LogP contribution in [0.4, 0.5) is 11.4 Å². The number of anilines is 2. The van der Waals surface area contributed by atoms with Gasteiger partial charge in [-0.05, 0) is 60.1 Å². The first-order valence-electron chi connectivity index (χ1n) is 12.6. The minimum atomic E-state index is -0.673. The van der Waals surface area contributed by atoms with Crippen molar-refractivity contribution in [2.45, 2.75) is 45.8 Å². The molecule has 5 N–H and O–H groups in total. The molecule has 198 valence electrons. The summed E-state index contributed by atoms with van der Waals surface area (Å²) in [6.45, 7) is 4.71. The molecule has 0 saturated heterocycles. The van der Waals surface area contributed by atoms with Crippen molar-refractivity contribution in [2.24, 2.45) is 0 Å². The average molecular weight is 525 g/mol. The second-order valence-electron chi connectivity index (χ2n) is 9.73. The van der Waals surface area contributed by atoms with Crippen molar-refractivity contribution in [2.75, 3.05) is 11.1 Å². The molecular formula is C29H28N6O4. The van der Waals surface area contributed by atoms with Crippen LogP contribution in [-0.2, 0) is 19.5 Å². The van der Waals surface area contributed by atoms with Crippen molar-refractivity contribution < 1.29 is 9.59 Å². The Morgan fingerprint density at radius 3 is 2.41 bits per heavy atom. The van der Waals surface area contributed by atoms with E-state index in [2.05, 4.69) is 51.9 Å².